The van der Waals surface area contributed by atoms with Crippen molar-refractivity contribution in [1.82, 2.24) is 29.1 Å². The Bertz CT molecular complexity index is 2220. The summed E-state index contributed by atoms with van der Waals surface area (Å²) < 4.78 is 106. The zero-order valence-corrected chi connectivity index (χ0v) is 28.4. The highest BCUT2D eigenvalue weighted by Crippen LogP contribution is 2.30. The predicted molar refractivity (Wildman–Crippen MR) is 180 cm³/mol. The van der Waals surface area contributed by atoms with E-state index in [1.165, 1.54) is 78.7 Å². The summed E-state index contributed by atoms with van der Waals surface area (Å²) in [5, 5.41) is 5.60. The summed E-state index contributed by atoms with van der Waals surface area (Å²) in [5.41, 5.74) is 0.620. The minimum atomic E-state index is -4.54. The third-order valence-corrected chi connectivity index (χ3v) is 7.99. The normalized spacial score (nSPS) is 11.5. The van der Waals surface area contributed by atoms with Crippen molar-refractivity contribution in [3.05, 3.63) is 142 Å². The van der Waals surface area contributed by atoms with Crippen molar-refractivity contribution >= 4 is 17.5 Å². The van der Waals surface area contributed by atoms with Gasteiger partial charge in [0.1, 0.15) is 34.9 Å². The predicted octanol–water partition coefficient (Wildman–Crippen LogP) is 8.95. The smallest absolute Gasteiger partial charge is 0.366 e. The van der Waals surface area contributed by atoms with Gasteiger partial charge < -0.3 is 19.8 Å². The second kappa shape index (κ2) is 15.2. The van der Waals surface area contributed by atoms with Crippen LogP contribution in [0.2, 0.25) is 0 Å². The van der Waals surface area contributed by atoms with Crippen molar-refractivity contribution in [2.24, 2.45) is 0 Å². The average Bonchev–Trinajstić information content (AvgIpc) is 3.70. The van der Waals surface area contributed by atoms with Crippen LogP contribution in [0.15, 0.2) is 85.5 Å². The number of pyridine rings is 2. The number of aromatic nitrogens is 6. The number of carbonyl (C=O) groups excluding carboxylic acids is 1. The molecule has 0 saturated heterocycles. The lowest BCUT2D eigenvalue weighted by Crippen LogP contribution is -2.15. The van der Waals surface area contributed by atoms with Gasteiger partial charge in [0.25, 0.3) is 5.91 Å². The van der Waals surface area contributed by atoms with Crippen LogP contribution in [0.4, 0.5) is 46.8 Å². The largest absolute Gasteiger partial charge is 0.434 e. The number of alkyl halides is 6. The molecule has 276 valence electrons. The Kier molecular flexibility index (Phi) is 11.0. The molecule has 2 aromatic carbocycles. The lowest BCUT2D eigenvalue weighted by atomic mass is 10.1. The number of nitrogens with zero attached hydrogens (tertiary/aromatic N) is 6. The first-order valence-electron chi connectivity index (χ1n) is 15.7. The van der Waals surface area contributed by atoms with Crippen LogP contribution in [0, 0.1) is 39.3 Å². The SMILES string of the molecule is Cc1c(F)cccc1C(=O)Nc1ccc(-n2cc(C(F)(F)F)nc2C)cn1.Cc1c(F)cccc1CNc1ccc(-n2cc(C(F)(F)F)nc2C)cn1. The maximum atomic E-state index is 13.6. The maximum Gasteiger partial charge on any atom is 0.434 e. The van der Waals surface area contributed by atoms with E-state index in [0.717, 1.165) is 18.0 Å². The van der Waals surface area contributed by atoms with Crippen LogP contribution in [0.25, 0.3) is 11.4 Å². The van der Waals surface area contributed by atoms with Crippen LogP contribution >= 0.6 is 0 Å². The van der Waals surface area contributed by atoms with E-state index in [0.29, 0.717) is 29.3 Å². The number of aryl methyl sites for hydroxylation is 2. The number of hydrogen-bond donors (Lipinski definition) is 2. The van der Waals surface area contributed by atoms with Crippen LogP contribution in [-0.2, 0) is 18.9 Å². The van der Waals surface area contributed by atoms with Crippen molar-refractivity contribution in [1.29, 1.82) is 0 Å². The van der Waals surface area contributed by atoms with Crippen LogP contribution in [0.1, 0.15) is 50.1 Å². The Morgan fingerprint density at radius 2 is 1.15 bits per heavy atom. The summed E-state index contributed by atoms with van der Waals surface area (Å²) in [6, 6.07) is 15.2. The van der Waals surface area contributed by atoms with Gasteiger partial charge >= 0.3 is 12.4 Å². The summed E-state index contributed by atoms with van der Waals surface area (Å²) in [6.07, 6.45) is -4.46. The van der Waals surface area contributed by atoms with E-state index < -0.39 is 35.5 Å². The number of hydrogen-bond acceptors (Lipinski definition) is 6. The molecule has 0 aliphatic rings. The van der Waals surface area contributed by atoms with Crippen LogP contribution < -0.4 is 10.6 Å². The Morgan fingerprint density at radius 3 is 1.62 bits per heavy atom. The molecule has 0 saturated carbocycles. The van der Waals surface area contributed by atoms with Crippen molar-refractivity contribution in [3.8, 4) is 11.4 Å². The number of rotatable bonds is 7. The standard InChI is InChI=1S/C18H14F4N4O.C18H16F4N4/c1-10-13(4-3-5-14(10)19)17(27)25-16-7-6-12(8-23-16)26-9-15(18(20,21)22)24-11(26)2;1-11-13(4-3-5-15(11)19)8-23-17-7-6-14(9-24-17)26-10-16(18(20,21)22)25-12(26)2/h3-9H,1-2H3,(H,23,25,27);3-7,9-10H,8H2,1-2H3,(H,23,24). The summed E-state index contributed by atoms with van der Waals surface area (Å²) in [4.78, 5) is 27.5. The number of carbonyl (C=O) groups is 1. The molecule has 0 radical (unpaired) electrons. The molecule has 2 N–H and O–H groups in total. The molecular weight excluding hydrogens is 712 g/mol. The van der Waals surface area contributed by atoms with Crippen molar-refractivity contribution in [3.63, 3.8) is 0 Å². The number of imidazole rings is 2. The molecule has 0 aliphatic carbocycles. The maximum absolute atomic E-state index is 13.6. The number of benzene rings is 2. The Morgan fingerprint density at radius 1 is 0.660 bits per heavy atom. The molecule has 6 rings (SSSR count). The number of halogens is 8. The fraction of sp³-hybridized carbons (Fsp3) is 0.194. The molecule has 9 nitrogen and oxygen atoms in total. The first kappa shape index (κ1) is 38.1. The van der Waals surface area contributed by atoms with E-state index in [1.54, 1.807) is 25.1 Å². The molecule has 0 bridgehead atoms. The molecular formula is C36H30F8N8O. The number of amides is 1. The van der Waals surface area contributed by atoms with Gasteiger partial charge in [0, 0.05) is 24.5 Å². The molecule has 4 heterocycles. The van der Waals surface area contributed by atoms with E-state index in [-0.39, 0.29) is 34.4 Å². The molecule has 0 fully saturated rings. The van der Waals surface area contributed by atoms with Gasteiger partial charge in [0.15, 0.2) is 11.4 Å². The Labute approximate surface area is 297 Å². The van der Waals surface area contributed by atoms with E-state index in [9.17, 15) is 39.9 Å². The fourth-order valence-corrected chi connectivity index (χ4v) is 5.04. The molecule has 0 unspecified atom stereocenters. The van der Waals surface area contributed by atoms with Gasteiger partial charge in [-0.25, -0.2) is 28.7 Å². The Balaban J connectivity index is 0.000000204. The topological polar surface area (TPSA) is 103 Å². The summed E-state index contributed by atoms with van der Waals surface area (Å²) in [7, 11) is 0. The van der Waals surface area contributed by atoms with E-state index in [2.05, 4.69) is 30.6 Å². The zero-order chi connectivity index (χ0) is 38.7. The molecule has 4 aromatic heterocycles. The highest BCUT2D eigenvalue weighted by Gasteiger charge is 2.35. The number of anilines is 2. The second-order valence-electron chi connectivity index (χ2n) is 11.6. The summed E-state index contributed by atoms with van der Waals surface area (Å²) >= 11 is 0. The molecule has 0 aliphatic heterocycles. The first-order chi connectivity index (χ1) is 24.9. The van der Waals surface area contributed by atoms with E-state index in [4.69, 9.17) is 0 Å². The van der Waals surface area contributed by atoms with Gasteiger partial charge in [-0.2, -0.15) is 26.3 Å². The minimum absolute atomic E-state index is 0.149. The lowest BCUT2D eigenvalue weighted by molar-refractivity contribution is -0.141. The second-order valence-corrected chi connectivity index (χ2v) is 11.6. The first-order valence-corrected chi connectivity index (χ1v) is 15.7. The van der Waals surface area contributed by atoms with Gasteiger partial charge in [0.05, 0.1) is 23.8 Å². The molecule has 0 atom stereocenters. The van der Waals surface area contributed by atoms with Gasteiger partial charge in [-0.1, -0.05) is 18.2 Å². The molecule has 53 heavy (non-hydrogen) atoms. The third kappa shape index (κ3) is 9.03. The van der Waals surface area contributed by atoms with Crippen LogP contribution in [0.5, 0.6) is 0 Å². The van der Waals surface area contributed by atoms with Gasteiger partial charge in [-0.05, 0) is 86.8 Å². The fourth-order valence-electron chi connectivity index (χ4n) is 5.04. The quantitative estimate of drug-likeness (QED) is 0.159. The molecule has 0 spiro atoms. The Hall–Kier alpha value is -6.13. The number of nitrogens with one attached hydrogen (secondary N) is 2. The van der Waals surface area contributed by atoms with Crippen molar-refractivity contribution in [2.75, 3.05) is 10.6 Å². The van der Waals surface area contributed by atoms with Gasteiger partial charge in [-0.15, -0.1) is 0 Å². The molecule has 17 heteroatoms. The monoisotopic (exact) mass is 742 g/mol. The highest BCUT2D eigenvalue weighted by molar-refractivity contribution is 6.04. The zero-order valence-electron chi connectivity index (χ0n) is 28.4. The molecule has 1 amide bonds. The summed E-state index contributed by atoms with van der Waals surface area (Å²) in [5.74, 6) is -0.227. The minimum Gasteiger partial charge on any atom is -0.366 e. The molecule has 6 aromatic rings. The van der Waals surface area contributed by atoms with Crippen molar-refractivity contribution in [2.45, 2.75) is 46.6 Å². The average molecular weight is 743 g/mol. The summed E-state index contributed by atoms with van der Waals surface area (Å²) in [6.45, 7) is 6.51. The van der Waals surface area contributed by atoms with Crippen LogP contribution in [0.3, 0.4) is 0 Å². The highest BCUT2D eigenvalue weighted by atomic mass is 19.4. The van der Waals surface area contributed by atoms with Gasteiger partial charge in [0.2, 0.25) is 0 Å². The third-order valence-electron chi connectivity index (χ3n) is 7.99. The lowest BCUT2D eigenvalue weighted by Gasteiger charge is -2.10. The van der Waals surface area contributed by atoms with Crippen molar-refractivity contribution < 1.29 is 39.9 Å². The van der Waals surface area contributed by atoms with E-state index in [1.807, 2.05) is 6.07 Å². The van der Waals surface area contributed by atoms with E-state index >= 15 is 0 Å². The van der Waals surface area contributed by atoms with Gasteiger partial charge in [-0.3, -0.25) is 4.79 Å². The van der Waals surface area contributed by atoms with Crippen LogP contribution in [-0.4, -0.2) is 35.0 Å².